The van der Waals surface area contributed by atoms with Gasteiger partial charge in [-0.1, -0.05) is 72.8 Å². The molecular formula is C29H24N2O6. The number of ether oxygens (including phenoxy) is 2. The van der Waals surface area contributed by atoms with Crippen LogP contribution >= 0.6 is 0 Å². The summed E-state index contributed by atoms with van der Waals surface area (Å²) in [5.74, 6) is -0.403. The Morgan fingerprint density at radius 3 is 1.78 bits per heavy atom. The molecular weight excluding hydrogens is 472 g/mol. The smallest absolute Gasteiger partial charge is 0.285 e. The Morgan fingerprint density at radius 1 is 0.730 bits per heavy atom. The normalized spacial score (nSPS) is 13.4. The predicted octanol–water partition coefficient (Wildman–Crippen LogP) is 4.50. The Morgan fingerprint density at radius 2 is 1.24 bits per heavy atom. The highest BCUT2D eigenvalue weighted by Gasteiger charge is 2.38. The van der Waals surface area contributed by atoms with Gasteiger partial charge < -0.3 is 14.6 Å². The first-order valence-electron chi connectivity index (χ1n) is 11.7. The van der Waals surface area contributed by atoms with Crippen LogP contribution in [0, 0.1) is 0 Å². The lowest BCUT2D eigenvalue weighted by atomic mass is 10.1. The zero-order valence-corrected chi connectivity index (χ0v) is 19.8. The van der Waals surface area contributed by atoms with Gasteiger partial charge >= 0.3 is 0 Å². The van der Waals surface area contributed by atoms with E-state index in [0.717, 1.165) is 11.1 Å². The molecule has 0 radical (unpaired) electrons. The minimum absolute atomic E-state index is 0.244. The van der Waals surface area contributed by atoms with Gasteiger partial charge in [0, 0.05) is 6.07 Å². The van der Waals surface area contributed by atoms with Gasteiger partial charge in [0.2, 0.25) is 0 Å². The molecule has 2 amide bonds. The van der Waals surface area contributed by atoms with E-state index in [0.29, 0.717) is 23.2 Å². The molecule has 0 bridgehead atoms. The van der Waals surface area contributed by atoms with E-state index in [2.05, 4.69) is 4.98 Å². The summed E-state index contributed by atoms with van der Waals surface area (Å²) in [6, 6.07) is 27.3. The summed E-state index contributed by atoms with van der Waals surface area (Å²) in [5, 5.41) is 10.7. The molecule has 1 aliphatic heterocycles. The number of carbonyl (C=O) groups excluding carboxylic acids is 2. The number of amides is 2. The second kappa shape index (κ2) is 11.0. The fourth-order valence-corrected chi connectivity index (χ4v) is 3.88. The van der Waals surface area contributed by atoms with E-state index in [1.807, 2.05) is 60.7 Å². The Kier molecular flexibility index (Phi) is 7.21. The lowest BCUT2D eigenvalue weighted by molar-refractivity contribution is -0.147. The molecule has 1 unspecified atom stereocenters. The molecule has 0 spiro atoms. The summed E-state index contributed by atoms with van der Waals surface area (Å²) in [4.78, 5) is 35.5. The number of rotatable bonds is 10. The van der Waals surface area contributed by atoms with Gasteiger partial charge in [0.15, 0.2) is 17.6 Å². The third-order valence-electron chi connectivity index (χ3n) is 5.81. The van der Waals surface area contributed by atoms with E-state index in [9.17, 15) is 14.7 Å². The molecule has 1 N–H and O–H groups in total. The standard InChI is InChI=1S/C29H24N2O6/c32-17-27(37-31-28(33)22-13-7-8-14-23(22)29(31)34)24-15-25(35-18-20-9-3-1-4-10-20)26(16-30-24)36-19-21-11-5-2-6-12-21/h1-16,27,32H,17-19H2. The Balaban J connectivity index is 1.38. The SMILES string of the molecule is O=C1c2ccccc2C(=O)N1OC(CO)c1cc(OCc2ccccc2)c(OCc2ccccc2)cn1. The summed E-state index contributed by atoms with van der Waals surface area (Å²) < 4.78 is 12.0. The molecule has 0 fully saturated rings. The molecule has 37 heavy (non-hydrogen) atoms. The zero-order chi connectivity index (χ0) is 25.6. The molecule has 8 nitrogen and oxygen atoms in total. The number of imide groups is 1. The summed E-state index contributed by atoms with van der Waals surface area (Å²) in [5.41, 5.74) is 2.69. The summed E-state index contributed by atoms with van der Waals surface area (Å²) in [6.45, 7) is 0.0519. The van der Waals surface area contributed by atoms with Crippen molar-refractivity contribution in [1.82, 2.24) is 10.0 Å². The lowest BCUT2D eigenvalue weighted by Crippen LogP contribution is -2.33. The Labute approximate surface area is 213 Å². The molecule has 0 saturated carbocycles. The van der Waals surface area contributed by atoms with Crippen molar-refractivity contribution in [3.63, 3.8) is 0 Å². The number of aromatic nitrogens is 1. The highest BCUT2D eigenvalue weighted by Crippen LogP contribution is 2.33. The molecule has 1 aliphatic rings. The highest BCUT2D eigenvalue weighted by molar-refractivity contribution is 6.20. The van der Waals surface area contributed by atoms with Crippen molar-refractivity contribution in [3.05, 3.63) is 125 Å². The van der Waals surface area contributed by atoms with E-state index in [1.54, 1.807) is 30.3 Å². The molecule has 0 aliphatic carbocycles. The van der Waals surface area contributed by atoms with Gasteiger partial charge in [-0.15, -0.1) is 5.06 Å². The predicted molar refractivity (Wildman–Crippen MR) is 134 cm³/mol. The Bertz CT molecular complexity index is 1360. The average molecular weight is 497 g/mol. The number of aliphatic hydroxyl groups excluding tert-OH is 1. The van der Waals surface area contributed by atoms with E-state index in [4.69, 9.17) is 14.3 Å². The molecule has 2 heterocycles. The van der Waals surface area contributed by atoms with Crippen LogP contribution in [0.1, 0.15) is 43.6 Å². The quantitative estimate of drug-likeness (QED) is 0.323. The first-order chi connectivity index (χ1) is 18.1. The van der Waals surface area contributed by atoms with E-state index < -0.39 is 24.5 Å². The number of aliphatic hydroxyl groups is 1. The third kappa shape index (κ3) is 5.35. The van der Waals surface area contributed by atoms with Crippen molar-refractivity contribution in [2.24, 2.45) is 0 Å². The molecule has 1 aromatic heterocycles. The number of hydrogen-bond acceptors (Lipinski definition) is 7. The molecule has 186 valence electrons. The minimum atomic E-state index is -1.09. The molecule has 8 heteroatoms. The monoisotopic (exact) mass is 496 g/mol. The van der Waals surface area contributed by atoms with Gasteiger partial charge in [0.05, 0.1) is 29.6 Å². The topological polar surface area (TPSA) is 98.2 Å². The van der Waals surface area contributed by atoms with Crippen LogP contribution in [0.5, 0.6) is 11.5 Å². The van der Waals surface area contributed by atoms with Crippen molar-refractivity contribution < 1.29 is 29.0 Å². The largest absolute Gasteiger partial charge is 0.485 e. The first kappa shape index (κ1) is 24.2. The van der Waals surface area contributed by atoms with E-state index in [1.165, 1.54) is 6.20 Å². The van der Waals surface area contributed by atoms with Crippen LogP contribution in [0.3, 0.4) is 0 Å². The average Bonchev–Trinajstić information content (AvgIpc) is 3.19. The fourth-order valence-electron chi connectivity index (χ4n) is 3.88. The number of nitrogens with zero attached hydrogens (tertiary/aromatic N) is 2. The van der Waals surface area contributed by atoms with Gasteiger partial charge in [-0.25, -0.2) is 0 Å². The summed E-state index contributed by atoms with van der Waals surface area (Å²) in [7, 11) is 0. The number of hydrogen-bond donors (Lipinski definition) is 1. The van der Waals surface area contributed by atoms with Crippen LogP contribution in [-0.2, 0) is 18.1 Å². The van der Waals surface area contributed by atoms with Gasteiger partial charge in [-0.05, 0) is 23.3 Å². The maximum Gasteiger partial charge on any atom is 0.285 e. The number of pyridine rings is 1. The molecule has 1 atom stereocenters. The second-order valence-corrected chi connectivity index (χ2v) is 8.33. The van der Waals surface area contributed by atoms with Crippen LogP contribution in [0.25, 0.3) is 0 Å². The van der Waals surface area contributed by atoms with Crippen LogP contribution in [-0.4, -0.2) is 33.6 Å². The maximum atomic E-state index is 12.7. The molecule has 5 rings (SSSR count). The molecule has 3 aromatic carbocycles. The number of hydroxylamine groups is 2. The van der Waals surface area contributed by atoms with Gasteiger partial charge in [0.1, 0.15) is 13.2 Å². The van der Waals surface area contributed by atoms with Crippen molar-refractivity contribution in [2.45, 2.75) is 19.3 Å². The zero-order valence-electron chi connectivity index (χ0n) is 19.8. The highest BCUT2D eigenvalue weighted by atomic mass is 16.7. The van der Waals surface area contributed by atoms with Gasteiger partial charge in [0.25, 0.3) is 11.8 Å². The van der Waals surface area contributed by atoms with Crippen LogP contribution in [0.4, 0.5) is 0 Å². The van der Waals surface area contributed by atoms with Crippen LogP contribution in [0.15, 0.2) is 97.2 Å². The number of benzene rings is 3. The van der Waals surface area contributed by atoms with Crippen molar-refractivity contribution >= 4 is 11.8 Å². The van der Waals surface area contributed by atoms with Gasteiger partial charge in [-0.2, -0.15) is 0 Å². The first-order valence-corrected chi connectivity index (χ1v) is 11.7. The van der Waals surface area contributed by atoms with E-state index in [-0.39, 0.29) is 23.4 Å². The second-order valence-electron chi connectivity index (χ2n) is 8.33. The van der Waals surface area contributed by atoms with Crippen molar-refractivity contribution in [3.8, 4) is 11.5 Å². The third-order valence-corrected chi connectivity index (χ3v) is 5.81. The summed E-state index contributed by atoms with van der Waals surface area (Å²) >= 11 is 0. The van der Waals surface area contributed by atoms with Crippen molar-refractivity contribution in [2.75, 3.05) is 6.61 Å². The van der Waals surface area contributed by atoms with E-state index >= 15 is 0 Å². The number of fused-ring (bicyclic) bond motifs is 1. The Hall–Kier alpha value is -4.53. The van der Waals surface area contributed by atoms with Crippen LogP contribution in [0.2, 0.25) is 0 Å². The lowest BCUT2D eigenvalue weighted by Gasteiger charge is -2.21. The van der Waals surface area contributed by atoms with Crippen molar-refractivity contribution in [1.29, 1.82) is 0 Å². The summed E-state index contributed by atoms with van der Waals surface area (Å²) in [6.07, 6.45) is 0.386. The molecule has 4 aromatic rings. The number of carbonyl (C=O) groups is 2. The minimum Gasteiger partial charge on any atom is -0.485 e. The van der Waals surface area contributed by atoms with Crippen LogP contribution < -0.4 is 9.47 Å². The van der Waals surface area contributed by atoms with Gasteiger partial charge in [-0.3, -0.25) is 19.4 Å². The fraction of sp³-hybridized carbons (Fsp3) is 0.138. The maximum absolute atomic E-state index is 12.7. The molecule has 0 saturated heterocycles.